The highest BCUT2D eigenvalue weighted by molar-refractivity contribution is 7.99. The lowest BCUT2D eigenvalue weighted by molar-refractivity contribution is 0.527. The molecule has 1 aromatic heterocycles. The minimum Gasteiger partial charge on any atom is -0.468 e. The van der Waals surface area contributed by atoms with Gasteiger partial charge in [0.05, 0.1) is 14.3 Å². The molecular weight excluding hydrogens is 280 g/mol. The number of thioether (sulfide) groups is 1. The van der Waals surface area contributed by atoms with Crippen LogP contribution in [0, 0.1) is 12.8 Å². The Hall–Kier alpha value is -0.933. The molecule has 2 rings (SSSR count). The monoisotopic (exact) mass is 304 g/mol. The van der Waals surface area contributed by atoms with Crippen molar-refractivity contribution in [2.24, 2.45) is 5.92 Å². The van der Waals surface area contributed by atoms with Gasteiger partial charge in [-0.15, -0.1) is 11.8 Å². The van der Waals surface area contributed by atoms with Crippen molar-refractivity contribution in [3.05, 3.63) is 48.4 Å². The predicted octanol–water partition coefficient (Wildman–Crippen LogP) is 4.93. The summed E-state index contributed by atoms with van der Waals surface area (Å²) in [5, 5.41) is 1.57. The molecule has 0 aliphatic carbocycles. The number of hydrogen-bond acceptors (Lipinski definition) is 2. The smallest absolute Gasteiger partial charge is 0.114 e. The lowest BCUT2D eigenvalue weighted by Gasteiger charge is -2.26. The van der Waals surface area contributed by atoms with Gasteiger partial charge in [-0.2, -0.15) is 0 Å². The van der Waals surface area contributed by atoms with Gasteiger partial charge in [0.1, 0.15) is 5.76 Å². The van der Waals surface area contributed by atoms with Crippen molar-refractivity contribution >= 4 is 25.0 Å². The minimum absolute atomic E-state index is 0.733. The first-order valence-electron chi connectivity index (χ1n) is 7.21. The van der Waals surface area contributed by atoms with Crippen molar-refractivity contribution in [1.82, 2.24) is 0 Å². The van der Waals surface area contributed by atoms with Gasteiger partial charge in [0.2, 0.25) is 0 Å². The van der Waals surface area contributed by atoms with E-state index in [1.807, 2.05) is 18.7 Å². The van der Waals surface area contributed by atoms with Gasteiger partial charge in [-0.1, -0.05) is 61.6 Å². The third-order valence-corrected chi connectivity index (χ3v) is 8.83. The van der Waals surface area contributed by atoms with Crippen LogP contribution in [0.2, 0.25) is 19.1 Å². The number of rotatable bonds is 6. The van der Waals surface area contributed by atoms with Gasteiger partial charge in [-0.25, -0.2) is 0 Å². The molecule has 2 aromatic rings. The van der Waals surface area contributed by atoms with E-state index in [4.69, 9.17) is 4.42 Å². The average Bonchev–Trinajstić information content (AvgIpc) is 2.82. The summed E-state index contributed by atoms with van der Waals surface area (Å²) in [6.07, 6.45) is 1.78. The second kappa shape index (κ2) is 6.68. The van der Waals surface area contributed by atoms with E-state index in [9.17, 15) is 0 Å². The van der Waals surface area contributed by atoms with Gasteiger partial charge in [0.15, 0.2) is 0 Å². The van der Waals surface area contributed by atoms with E-state index in [1.54, 1.807) is 11.4 Å². The van der Waals surface area contributed by atoms with E-state index < -0.39 is 8.07 Å². The van der Waals surface area contributed by atoms with Crippen LogP contribution in [0.15, 0.2) is 52.0 Å². The predicted molar refractivity (Wildman–Crippen MR) is 91.7 cm³/mol. The lowest BCUT2D eigenvalue weighted by Crippen LogP contribution is -2.42. The zero-order valence-corrected chi connectivity index (χ0v) is 14.7. The summed E-state index contributed by atoms with van der Waals surface area (Å²) >= 11 is 1.93. The Kier molecular flexibility index (Phi) is 5.16. The highest BCUT2D eigenvalue weighted by atomic mass is 32.2. The van der Waals surface area contributed by atoms with Crippen LogP contribution in [0.4, 0.5) is 0 Å². The van der Waals surface area contributed by atoms with Gasteiger partial charge >= 0.3 is 0 Å². The van der Waals surface area contributed by atoms with Crippen molar-refractivity contribution in [2.75, 3.05) is 5.75 Å². The van der Waals surface area contributed by atoms with Gasteiger partial charge in [-0.05, 0) is 18.9 Å². The summed E-state index contributed by atoms with van der Waals surface area (Å²) in [5.74, 6) is 2.95. The van der Waals surface area contributed by atoms with Crippen molar-refractivity contribution in [3.8, 4) is 0 Å². The Bertz CT molecular complexity index is 533. The number of hydrogen-bond donors (Lipinski definition) is 0. The minimum atomic E-state index is -1.31. The molecule has 1 aromatic carbocycles. The SMILES string of the molecule is Cc1occc1SCC(C)C[Si](C)(C)c1ccccc1. The van der Waals surface area contributed by atoms with Crippen LogP contribution >= 0.6 is 11.8 Å². The van der Waals surface area contributed by atoms with Crippen LogP contribution < -0.4 is 5.19 Å². The number of aryl methyl sites for hydroxylation is 1. The van der Waals surface area contributed by atoms with Crippen molar-refractivity contribution in [3.63, 3.8) is 0 Å². The molecule has 0 spiro atoms. The van der Waals surface area contributed by atoms with E-state index in [1.165, 1.54) is 16.7 Å². The molecule has 0 bridgehead atoms. The summed E-state index contributed by atoms with van der Waals surface area (Å²) in [7, 11) is -1.31. The first-order valence-corrected chi connectivity index (χ1v) is 11.4. The molecule has 0 saturated heterocycles. The van der Waals surface area contributed by atoms with E-state index >= 15 is 0 Å². The second-order valence-corrected chi connectivity index (χ2v) is 12.0. The highest BCUT2D eigenvalue weighted by Gasteiger charge is 2.25. The molecule has 20 heavy (non-hydrogen) atoms. The van der Waals surface area contributed by atoms with Gasteiger partial charge < -0.3 is 4.42 Å². The third-order valence-electron chi connectivity index (χ3n) is 3.75. The largest absolute Gasteiger partial charge is 0.468 e. The fourth-order valence-corrected chi connectivity index (χ4v) is 7.10. The molecule has 0 amide bonds. The maximum atomic E-state index is 5.35. The van der Waals surface area contributed by atoms with E-state index in [0.717, 1.165) is 11.7 Å². The average molecular weight is 305 g/mol. The Labute approximate surface area is 127 Å². The Balaban J connectivity index is 1.91. The van der Waals surface area contributed by atoms with Crippen molar-refractivity contribution in [2.45, 2.75) is 37.9 Å². The summed E-state index contributed by atoms with van der Waals surface area (Å²) in [6, 6.07) is 14.4. The molecule has 1 atom stereocenters. The maximum Gasteiger partial charge on any atom is 0.114 e. The summed E-state index contributed by atoms with van der Waals surface area (Å²) < 4.78 is 5.35. The Morgan fingerprint density at radius 1 is 1.15 bits per heavy atom. The van der Waals surface area contributed by atoms with Crippen LogP contribution in [0.3, 0.4) is 0 Å². The Morgan fingerprint density at radius 2 is 1.85 bits per heavy atom. The van der Waals surface area contributed by atoms with E-state index in [0.29, 0.717) is 0 Å². The molecule has 0 saturated carbocycles. The van der Waals surface area contributed by atoms with Crippen LogP contribution in [0.1, 0.15) is 12.7 Å². The van der Waals surface area contributed by atoms with Gasteiger partial charge in [0.25, 0.3) is 0 Å². The van der Waals surface area contributed by atoms with E-state index in [-0.39, 0.29) is 0 Å². The van der Waals surface area contributed by atoms with Crippen molar-refractivity contribution < 1.29 is 4.42 Å². The van der Waals surface area contributed by atoms with Crippen molar-refractivity contribution in [1.29, 1.82) is 0 Å². The summed E-state index contributed by atoms with van der Waals surface area (Å²) in [5.41, 5.74) is 0. The third kappa shape index (κ3) is 4.03. The zero-order chi connectivity index (χ0) is 14.6. The molecule has 0 aliphatic rings. The molecule has 1 nitrogen and oxygen atoms in total. The summed E-state index contributed by atoms with van der Waals surface area (Å²) in [4.78, 5) is 1.29. The maximum absolute atomic E-state index is 5.35. The molecule has 1 heterocycles. The standard InChI is InChI=1S/C17H24OSSi/c1-14(12-19-17-10-11-18-15(17)2)13-20(3,4)16-8-6-5-7-9-16/h5-11,14H,12-13H2,1-4H3. The molecule has 108 valence electrons. The fourth-order valence-electron chi connectivity index (χ4n) is 2.69. The fraction of sp³-hybridized carbons (Fsp3) is 0.412. The number of furan rings is 1. The molecule has 0 fully saturated rings. The van der Waals surface area contributed by atoms with Crippen LogP contribution in [-0.4, -0.2) is 13.8 Å². The number of benzene rings is 1. The Morgan fingerprint density at radius 3 is 2.45 bits per heavy atom. The molecule has 3 heteroatoms. The van der Waals surface area contributed by atoms with E-state index in [2.05, 4.69) is 56.4 Å². The molecule has 0 radical (unpaired) electrons. The first-order chi connectivity index (χ1) is 9.49. The summed E-state index contributed by atoms with van der Waals surface area (Å²) in [6.45, 7) is 9.37. The van der Waals surface area contributed by atoms with Gasteiger partial charge in [0, 0.05) is 10.6 Å². The molecular formula is C17H24OSSi. The normalized spacial score (nSPS) is 13.4. The molecule has 0 aliphatic heterocycles. The zero-order valence-electron chi connectivity index (χ0n) is 12.8. The lowest BCUT2D eigenvalue weighted by atomic mass is 10.3. The highest BCUT2D eigenvalue weighted by Crippen LogP contribution is 2.28. The van der Waals surface area contributed by atoms with Crippen LogP contribution in [0.5, 0.6) is 0 Å². The van der Waals surface area contributed by atoms with Crippen LogP contribution in [-0.2, 0) is 0 Å². The molecule has 1 unspecified atom stereocenters. The topological polar surface area (TPSA) is 13.1 Å². The second-order valence-electron chi connectivity index (χ2n) is 6.21. The quantitative estimate of drug-likeness (QED) is 0.554. The molecule has 0 N–H and O–H groups in total. The first kappa shape index (κ1) is 15.5. The van der Waals surface area contributed by atoms with Crippen LogP contribution in [0.25, 0.3) is 0 Å². The van der Waals surface area contributed by atoms with Gasteiger partial charge in [-0.3, -0.25) is 0 Å².